The van der Waals surface area contributed by atoms with Crippen LogP contribution in [0.2, 0.25) is 0 Å². The molecular weight excluding hydrogens is 304 g/mol. The highest BCUT2D eigenvalue weighted by molar-refractivity contribution is 5.53. The third kappa shape index (κ3) is 3.28. The van der Waals surface area contributed by atoms with Crippen LogP contribution >= 0.6 is 0 Å². The summed E-state index contributed by atoms with van der Waals surface area (Å²) >= 11 is 0. The molecule has 1 aromatic carbocycles. The maximum absolute atomic E-state index is 5.55. The second kappa shape index (κ2) is 7.23. The van der Waals surface area contributed by atoms with Gasteiger partial charge in [0.25, 0.3) is 0 Å². The van der Waals surface area contributed by atoms with E-state index in [4.69, 9.17) is 9.26 Å². The molecule has 2 heterocycles. The van der Waals surface area contributed by atoms with Crippen LogP contribution < -0.4 is 4.74 Å². The molecule has 3 rings (SSSR count). The van der Waals surface area contributed by atoms with Crippen molar-refractivity contribution in [1.29, 1.82) is 0 Å². The highest BCUT2D eigenvalue weighted by Gasteiger charge is 2.24. The summed E-state index contributed by atoms with van der Waals surface area (Å²) in [5, 5.41) is 4.11. The molecule has 2 aromatic heterocycles. The van der Waals surface area contributed by atoms with E-state index in [-0.39, 0.29) is 6.04 Å². The second-order valence-corrected chi connectivity index (χ2v) is 5.43. The fourth-order valence-corrected chi connectivity index (χ4v) is 2.50. The van der Waals surface area contributed by atoms with Gasteiger partial charge >= 0.3 is 0 Å². The summed E-state index contributed by atoms with van der Waals surface area (Å²) in [6.45, 7) is 2.96. The molecule has 0 aliphatic rings. The molecule has 24 heavy (non-hydrogen) atoms. The summed E-state index contributed by atoms with van der Waals surface area (Å²) in [6.07, 6.45) is 1.68. The van der Waals surface area contributed by atoms with Crippen LogP contribution in [0.1, 0.15) is 24.4 Å². The zero-order valence-corrected chi connectivity index (χ0v) is 14.0. The Bertz CT molecular complexity index is 771. The maximum atomic E-state index is 5.55. The molecule has 0 saturated heterocycles. The molecule has 6 heteroatoms. The number of methoxy groups -OCH3 is 1. The van der Waals surface area contributed by atoms with Gasteiger partial charge in [-0.15, -0.1) is 0 Å². The lowest BCUT2D eigenvalue weighted by Gasteiger charge is -2.23. The van der Waals surface area contributed by atoms with Gasteiger partial charge in [-0.3, -0.25) is 4.90 Å². The molecule has 1 unspecified atom stereocenters. The summed E-state index contributed by atoms with van der Waals surface area (Å²) in [5.41, 5.74) is 1.90. The van der Waals surface area contributed by atoms with Crippen molar-refractivity contribution >= 4 is 0 Å². The van der Waals surface area contributed by atoms with Crippen LogP contribution in [0.15, 0.2) is 53.2 Å². The van der Waals surface area contributed by atoms with Crippen molar-refractivity contribution in [2.24, 2.45) is 0 Å². The third-order valence-electron chi connectivity index (χ3n) is 3.93. The number of aromatic nitrogens is 3. The van der Waals surface area contributed by atoms with Crippen molar-refractivity contribution < 1.29 is 9.26 Å². The lowest BCUT2D eigenvalue weighted by Crippen LogP contribution is -2.25. The number of rotatable bonds is 6. The molecule has 0 spiro atoms. The molecular formula is C18H20N4O2. The van der Waals surface area contributed by atoms with Crippen LogP contribution in [-0.4, -0.2) is 40.7 Å². The van der Waals surface area contributed by atoms with Gasteiger partial charge < -0.3 is 9.26 Å². The number of pyridine rings is 1. The van der Waals surface area contributed by atoms with Gasteiger partial charge in [0.05, 0.1) is 7.11 Å². The molecule has 0 saturated carbocycles. The van der Waals surface area contributed by atoms with E-state index < -0.39 is 0 Å². The fourth-order valence-electron chi connectivity index (χ4n) is 2.50. The minimum Gasteiger partial charge on any atom is -0.481 e. The van der Waals surface area contributed by atoms with Gasteiger partial charge in [0, 0.05) is 17.8 Å². The molecule has 0 bridgehead atoms. The molecule has 0 N–H and O–H groups in total. The molecule has 3 aromatic rings. The smallest absolute Gasteiger partial charge is 0.248 e. The van der Waals surface area contributed by atoms with Crippen LogP contribution in [0.3, 0.4) is 0 Å². The van der Waals surface area contributed by atoms with Gasteiger partial charge in [-0.2, -0.15) is 4.98 Å². The monoisotopic (exact) mass is 324 g/mol. The SMILES string of the molecule is CCN(C)C(c1ccccc1)c1nc(-c2ccc(OC)nc2)no1. The summed E-state index contributed by atoms with van der Waals surface area (Å²) in [4.78, 5) is 10.9. The predicted octanol–water partition coefficient (Wildman–Crippen LogP) is 3.18. The van der Waals surface area contributed by atoms with Crippen molar-refractivity contribution in [3.63, 3.8) is 0 Å². The first-order valence-electron chi connectivity index (χ1n) is 7.82. The van der Waals surface area contributed by atoms with Gasteiger partial charge in [-0.05, 0) is 25.2 Å². The van der Waals surface area contributed by atoms with Crippen LogP contribution in [0.5, 0.6) is 5.88 Å². The Kier molecular flexibility index (Phi) is 4.86. The van der Waals surface area contributed by atoms with Crippen LogP contribution in [0.25, 0.3) is 11.4 Å². The lowest BCUT2D eigenvalue weighted by molar-refractivity contribution is 0.234. The van der Waals surface area contributed by atoms with E-state index in [1.54, 1.807) is 19.4 Å². The van der Waals surface area contributed by atoms with E-state index in [1.165, 1.54) is 0 Å². The number of hydrogen-bond donors (Lipinski definition) is 0. The number of benzene rings is 1. The Morgan fingerprint density at radius 1 is 1.17 bits per heavy atom. The Morgan fingerprint density at radius 2 is 1.96 bits per heavy atom. The van der Waals surface area contributed by atoms with Crippen LogP contribution in [0, 0.1) is 0 Å². The molecule has 0 amide bonds. The summed E-state index contributed by atoms with van der Waals surface area (Å²) < 4.78 is 10.6. The molecule has 0 aliphatic carbocycles. The lowest BCUT2D eigenvalue weighted by atomic mass is 10.1. The summed E-state index contributed by atoms with van der Waals surface area (Å²) in [7, 11) is 3.62. The largest absolute Gasteiger partial charge is 0.481 e. The van der Waals surface area contributed by atoms with Gasteiger partial charge in [0.1, 0.15) is 6.04 Å². The molecule has 0 fully saturated rings. The second-order valence-electron chi connectivity index (χ2n) is 5.43. The highest BCUT2D eigenvalue weighted by Crippen LogP contribution is 2.28. The first-order valence-corrected chi connectivity index (χ1v) is 7.82. The van der Waals surface area contributed by atoms with E-state index in [9.17, 15) is 0 Å². The van der Waals surface area contributed by atoms with E-state index in [1.807, 2.05) is 31.3 Å². The normalized spacial score (nSPS) is 12.3. The summed E-state index contributed by atoms with van der Waals surface area (Å²) in [6, 6.07) is 13.7. The molecule has 1 atom stereocenters. The predicted molar refractivity (Wildman–Crippen MR) is 90.7 cm³/mol. The van der Waals surface area contributed by atoms with Crippen molar-refractivity contribution in [2.75, 3.05) is 20.7 Å². The van der Waals surface area contributed by atoms with Crippen molar-refractivity contribution in [1.82, 2.24) is 20.0 Å². The average molecular weight is 324 g/mol. The number of hydrogen-bond acceptors (Lipinski definition) is 6. The standard InChI is InChI=1S/C18H20N4O2/c1-4-22(2)16(13-8-6-5-7-9-13)18-20-17(21-24-18)14-10-11-15(23-3)19-12-14/h5-12,16H,4H2,1-3H3. The van der Waals surface area contributed by atoms with E-state index >= 15 is 0 Å². The van der Waals surface area contributed by atoms with Gasteiger partial charge in [-0.1, -0.05) is 42.4 Å². The minimum atomic E-state index is -0.0799. The third-order valence-corrected chi connectivity index (χ3v) is 3.93. The van der Waals surface area contributed by atoms with Crippen LogP contribution in [0.4, 0.5) is 0 Å². The first kappa shape index (κ1) is 16.1. The van der Waals surface area contributed by atoms with Crippen LogP contribution in [-0.2, 0) is 0 Å². The quantitative estimate of drug-likeness (QED) is 0.694. The topological polar surface area (TPSA) is 64.3 Å². The van der Waals surface area contributed by atoms with E-state index in [0.29, 0.717) is 17.6 Å². The highest BCUT2D eigenvalue weighted by atomic mass is 16.5. The molecule has 6 nitrogen and oxygen atoms in total. The van der Waals surface area contributed by atoms with Crippen molar-refractivity contribution in [2.45, 2.75) is 13.0 Å². The zero-order valence-electron chi connectivity index (χ0n) is 14.0. The van der Waals surface area contributed by atoms with Crippen molar-refractivity contribution in [3.8, 4) is 17.3 Å². The Hall–Kier alpha value is -2.73. The Labute approximate surface area is 141 Å². The van der Waals surface area contributed by atoms with Gasteiger partial charge in [0.15, 0.2) is 0 Å². The zero-order chi connectivity index (χ0) is 16.9. The molecule has 0 aliphatic heterocycles. The Morgan fingerprint density at radius 3 is 2.58 bits per heavy atom. The van der Waals surface area contributed by atoms with Gasteiger partial charge in [-0.25, -0.2) is 4.98 Å². The Balaban J connectivity index is 1.93. The number of nitrogens with zero attached hydrogens (tertiary/aromatic N) is 4. The van der Waals surface area contributed by atoms with E-state index in [2.05, 4.69) is 39.1 Å². The maximum Gasteiger partial charge on any atom is 0.248 e. The number of ether oxygens (including phenoxy) is 1. The van der Waals surface area contributed by atoms with E-state index in [0.717, 1.165) is 17.7 Å². The average Bonchev–Trinajstić information content (AvgIpc) is 3.12. The van der Waals surface area contributed by atoms with Gasteiger partial charge in [0.2, 0.25) is 17.6 Å². The summed E-state index contributed by atoms with van der Waals surface area (Å²) in [5.74, 6) is 1.64. The van der Waals surface area contributed by atoms with Crippen molar-refractivity contribution in [3.05, 3.63) is 60.1 Å². The minimum absolute atomic E-state index is 0.0799. The first-order chi connectivity index (χ1) is 11.7. The molecule has 0 radical (unpaired) electrons. The molecule has 124 valence electrons. The fraction of sp³-hybridized carbons (Fsp3) is 0.278.